The minimum Gasteiger partial charge on any atom is -0.388 e. The van der Waals surface area contributed by atoms with Gasteiger partial charge in [0.2, 0.25) is 0 Å². The van der Waals surface area contributed by atoms with Crippen LogP contribution in [0, 0.1) is 6.92 Å². The van der Waals surface area contributed by atoms with Gasteiger partial charge in [0.15, 0.2) is 0 Å². The molecular formula is C13H21N3O2. The zero-order valence-corrected chi connectivity index (χ0v) is 11.2. The molecule has 5 nitrogen and oxygen atoms in total. The fourth-order valence-corrected chi connectivity index (χ4v) is 2.15. The molecule has 1 fully saturated rings. The maximum Gasteiger partial charge on any atom is 0.148 e. The summed E-state index contributed by atoms with van der Waals surface area (Å²) in [4.78, 5) is 9.20. The second-order valence-corrected chi connectivity index (χ2v) is 4.61. The van der Waals surface area contributed by atoms with Gasteiger partial charge in [0.05, 0.1) is 42.4 Å². The van der Waals surface area contributed by atoms with Crippen LogP contribution in [0.15, 0.2) is 0 Å². The first kappa shape index (κ1) is 13.2. The highest BCUT2D eigenvalue weighted by atomic mass is 16.5. The Kier molecular flexibility index (Phi) is 4.14. The van der Waals surface area contributed by atoms with Crippen molar-refractivity contribution in [1.82, 2.24) is 9.97 Å². The molecular weight excluding hydrogens is 230 g/mol. The second-order valence-electron chi connectivity index (χ2n) is 4.61. The summed E-state index contributed by atoms with van der Waals surface area (Å²) in [7, 11) is 0. The summed E-state index contributed by atoms with van der Waals surface area (Å²) in [6.07, 6.45) is 1.22. The molecule has 0 unspecified atom stereocenters. The molecule has 1 saturated heterocycles. The highest BCUT2D eigenvalue weighted by molar-refractivity contribution is 5.43. The van der Waals surface area contributed by atoms with Crippen molar-refractivity contribution >= 4 is 5.82 Å². The Morgan fingerprint density at radius 3 is 2.50 bits per heavy atom. The van der Waals surface area contributed by atoms with E-state index < -0.39 is 6.10 Å². The van der Waals surface area contributed by atoms with Crippen molar-refractivity contribution < 1.29 is 9.84 Å². The lowest BCUT2D eigenvalue weighted by atomic mass is 10.2. The van der Waals surface area contributed by atoms with Crippen molar-refractivity contribution in [3.8, 4) is 0 Å². The van der Waals surface area contributed by atoms with E-state index in [4.69, 9.17) is 4.74 Å². The normalized spacial score (nSPS) is 23.3. The van der Waals surface area contributed by atoms with Gasteiger partial charge in [0.1, 0.15) is 5.82 Å². The van der Waals surface area contributed by atoms with E-state index in [9.17, 15) is 5.11 Å². The Balaban J connectivity index is 2.24. The summed E-state index contributed by atoms with van der Waals surface area (Å²) in [6, 6.07) is -0.0861. The molecule has 2 heterocycles. The molecule has 2 N–H and O–H groups in total. The molecule has 0 aliphatic carbocycles. The van der Waals surface area contributed by atoms with Gasteiger partial charge in [0, 0.05) is 0 Å². The zero-order chi connectivity index (χ0) is 13.1. The number of nitrogens with zero attached hydrogens (tertiary/aromatic N) is 2. The first-order valence-corrected chi connectivity index (χ1v) is 6.54. The summed E-state index contributed by atoms with van der Waals surface area (Å²) in [5, 5.41) is 13.0. The molecule has 18 heavy (non-hydrogen) atoms. The summed E-state index contributed by atoms with van der Waals surface area (Å²) in [5.41, 5.74) is 2.94. The molecule has 1 aliphatic heterocycles. The summed E-state index contributed by atoms with van der Waals surface area (Å²) < 4.78 is 5.23. The van der Waals surface area contributed by atoms with E-state index in [1.807, 2.05) is 6.92 Å². The average Bonchev–Trinajstić information content (AvgIpc) is 2.76. The van der Waals surface area contributed by atoms with E-state index in [0.29, 0.717) is 13.2 Å². The number of nitrogens with one attached hydrogen (secondary N) is 1. The minimum atomic E-state index is -0.470. The van der Waals surface area contributed by atoms with Crippen LogP contribution in [-0.4, -0.2) is 40.4 Å². The molecule has 0 bridgehead atoms. The van der Waals surface area contributed by atoms with Gasteiger partial charge in [-0.25, -0.2) is 4.98 Å². The first-order chi connectivity index (χ1) is 8.65. The lowest BCUT2D eigenvalue weighted by molar-refractivity contribution is 0.125. The molecule has 2 rings (SSSR count). The van der Waals surface area contributed by atoms with E-state index in [2.05, 4.69) is 29.1 Å². The largest absolute Gasteiger partial charge is 0.388 e. The van der Waals surface area contributed by atoms with Crippen molar-refractivity contribution in [1.29, 1.82) is 0 Å². The van der Waals surface area contributed by atoms with Crippen LogP contribution >= 0.6 is 0 Å². The molecule has 1 aromatic rings. The van der Waals surface area contributed by atoms with Crippen molar-refractivity contribution in [2.45, 2.75) is 45.8 Å². The van der Waals surface area contributed by atoms with Crippen molar-refractivity contribution in [2.24, 2.45) is 0 Å². The summed E-state index contributed by atoms with van der Waals surface area (Å²) in [5.74, 6) is 0.787. The lowest BCUT2D eigenvalue weighted by Crippen LogP contribution is -2.33. The number of hydrogen-bond donors (Lipinski definition) is 2. The predicted octanol–water partition coefficient (Wildman–Crippen LogP) is 1.08. The third kappa shape index (κ3) is 2.62. The van der Waals surface area contributed by atoms with Crippen LogP contribution < -0.4 is 5.32 Å². The smallest absolute Gasteiger partial charge is 0.148 e. The van der Waals surface area contributed by atoms with E-state index in [1.165, 1.54) is 0 Å². The Morgan fingerprint density at radius 1 is 1.22 bits per heavy atom. The van der Waals surface area contributed by atoms with Crippen LogP contribution in [0.5, 0.6) is 0 Å². The summed E-state index contributed by atoms with van der Waals surface area (Å²) in [6.45, 7) is 7.02. The third-order valence-electron chi connectivity index (χ3n) is 3.28. The first-order valence-electron chi connectivity index (χ1n) is 6.54. The minimum absolute atomic E-state index is 0.0861. The van der Waals surface area contributed by atoms with Crippen LogP contribution in [0.1, 0.15) is 30.9 Å². The Morgan fingerprint density at radius 2 is 1.94 bits per heavy atom. The van der Waals surface area contributed by atoms with Gasteiger partial charge in [-0.15, -0.1) is 0 Å². The van der Waals surface area contributed by atoms with Gasteiger partial charge in [-0.05, 0) is 19.8 Å². The standard InChI is InChI=1S/C13H21N3O2/c1-4-9-8(3)14-10(5-2)13(15-9)16-11-6-18-7-12(11)17/h11-12,17H,4-7H2,1-3H3,(H,15,16)/t11-,12+/m1/s1. The van der Waals surface area contributed by atoms with Gasteiger partial charge in [-0.1, -0.05) is 13.8 Å². The average molecular weight is 251 g/mol. The van der Waals surface area contributed by atoms with E-state index >= 15 is 0 Å². The van der Waals surface area contributed by atoms with Gasteiger partial charge < -0.3 is 15.2 Å². The van der Waals surface area contributed by atoms with E-state index in [0.717, 1.165) is 35.7 Å². The molecule has 2 atom stereocenters. The molecule has 1 aliphatic rings. The SMILES string of the molecule is CCc1nc(N[C@@H]2COC[C@@H]2O)c(CC)nc1C. The van der Waals surface area contributed by atoms with Crippen molar-refractivity contribution in [3.05, 3.63) is 17.1 Å². The van der Waals surface area contributed by atoms with Crippen LogP contribution in [0.25, 0.3) is 0 Å². The molecule has 0 spiro atoms. The molecule has 0 aromatic carbocycles. The fraction of sp³-hybridized carbons (Fsp3) is 0.692. The number of aliphatic hydroxyl groups is 1. The predicted molar refractivity (Wildman–Crippen MR) is 69.8 cm³/mol. The van der Waals surface area contributed by atoms with Gasteiger partial charge >= 0.3 is 0 Å². The number of hydrogen-bond acceptors (Lipinski definition) is 5. The number of rotatable bonds is 4. The van der Waals surface area contributed by atoms with Crippen LogP contribution in [-0.2, 0) is 17.6 Å². The number of aromatic nitrogens is 2. The van der Waals surface area contributed by atoms with E-state index in [-0.39, 0.29) is 6.04 Å². The van der Waals surface area contributed by atoms with Crippen LogP contribution in [0.3, 0.4) is 0 Å². The van der Waals surface area contributed by atoms with Gasteiger partial charge in [-0.3, -0.25) is 4.98 Å². The molecule has 1 aromatic heterocycles. The number of anilines is 1. The zero-order valence-electron chi connectivity index (χ0n) is 11.2. The second kappa shape index (κ2) is 5.63. The van der Waals surface area contributed by atoms with E-state index in [1.54, 1.807) is 0 Å². The highest BCUT2D eigenvalue weighted by Crippen LogP contribution is 2.18. The Labute approximate surface area is 108 Å². The monoisotopic (exact) mass is 251 g/mol. The number of aryl methyl sites for hydroxylation is 3. The lowest BCUT2D eigenvalue weighted by Gasteiger charge is -2.18. The maximum atomic E-state index is 9.76. The van der Waals surface area contributed by atoms with Crippen molar-refractivity contribution in [2.75, 3.05) is 18.5 Å². The van der Waals surface area contributed by atoms with Crippen LogP contribution in [0.2, 0.25) is 0 Å². The molecule has 0 amide bonds. The molecule has 0 radical (unpaired) electrons. The van der Waals surface area contributed by atoms with Gasteiger partial charge in [-0.2, -0.15) is 0 Å². The molecule has 5 heteroatoms. The van der Waals surface area contributed by atoms with Gasteiger partial charge in [0.25, 0.3) is 0 Å². The van der Waals surface area contributed by atoms with Crippen molar-refractivity contribution in [3.63, 3.8) is 0 Å². The fourth-order valence-electron chi connectivity index (χ4n) is 2.15. The quantitative estimate of drug-likeness (QED) is 0.838. The Hall–Kier alpha value is -1.20. The number of ether oxygens (including phenoxy) is 1. The molecule has 100 valence electrons. The topological polar surface area (TPSA) is 67.3 Å². The number of aliphatic hydroxyl groups excluding tert-OH is 1. The molecule has 0 saturated carbocycles. The summed E-state index contributed by atoms with van der Waals surface area (Å²) >= 11 is 0. The maximum absolute atomic E-state index is 9.76. The third-order valence-corrected chi connectivity index (χ3v) is 3.28. The van der Waals surface area contributed by atoms with Crippen LogP contribution in [0.4, 0.5) is 5.82 Å². The Bertz CT molecular complexity index is 423. The highest BCUT2D eigenvalue weighted by Gasteiger charge is 2.27.